The molecule has 1 N–H and O–H groups in total. The molecule has 1 fully saturated rings. The van der Waals surface area contributed by atoms with Gasteiger partial charge in [-0.1, -0.05) is 11.6 Å². The number of hydrogen-bond donors (Lipinski definition) is 1. The lowest BCUT2D eigenvalue weighted by atomic mass is 9.93. The Bertz CT molecular complexity index is 391. The Labute approximate surface area is 92.4 Å². The number of nitrogens with zero attached hydrogens (tertiary/aromatic N) is 1. The van der Waals surface area contributed by atoms with Crippen molar-refractivity contribution < 1.29 is 4.92 Å². The largest absolute Gasteiger partial charge is 0.382 e. The molecule has 0 saturated heterocycles. The second-order valence-corrected chi connectivity index (χ2v) is 4.10. The van der Waals surface area contributed by atoms with Crippen molar-refractivity contribution in [2.45, 2.75) is 25.3 Å². The van der Waals surface area contributed by atoms with Crippen molar-refractivity contribution in [2.24, 2.45) is 0 Å². The first-order valence-electron chi connectivity index (χ1n) is 4.87. The number of halogens is 1. The lowest BCUT2D eigenvalue weighted by Gasteiger charge is -2.27. The van der Waals surface area contributed by atoms with Crippen LogP contribution in [0.2, 0.25) is 5.02 Å². The summed E-state index contributed by atoms with van der Waals surface area (Å²) >= 11 is 5.71. The number of benzene rings is 1. The van der Waals surface area contributed by atoms with Crippen molar-refractivity contribution in [1.82, 2.24) is 0 Å². The van der Waals surface area contributed by atoms with Crippen LogP contribution in [0.1, 0.15) is 19.3 Å². The van der Waals surface area contributed by atoms with Gasteiger partial charge >= 0.3 is 0 Å². The summed E-state index contributed by atoms with van der Waals surface area (Å²) in [5, 5.41) is 14.1. The van der Waals surface area contributed by atoms with Crippen molar-refractivity contribution in [3.8, 4) is 0 Å². The Kier molecular flexibility index (Phi) is 2.77. The van der Waals surface area contributed by atoms with Gasteiger partial charge in [0.25, 0.3) is 5.69 Å². The van der Waals surface area contributed by atoms with Crippen LogP contribution in [0.25, 0.3) is 0 Å². The van der Waals surface area contributed by atoms with Crippen molar-refractivity contribution in [2.75, 3.05) is 5.32 Å². The molecule has 2 rings (SSSR count). The predicted octanol–water partition coefficient (Wildman–Crippen LogP) is 3.21. The monoisotopic (exact) mass is 226 g/mol. The fraction of sp³-hybridized carbons (Fsp3) is 0.400. The van der Waals surface area contributed by atoms with E-state index in [0.717, 1.165) is 18.5 Å². The first-order valence-corrected chi connectivity index (χ1v) is 5.25. The molecule has 0 aromatic heterocycles. The third kappa shape index (κ3) is 2.21. The highest BCUT2D eigenvalue weighted by Crippen LogP contribution is 2.29. The standard InChI is InChI=1S/C10H11ClN2O2/c11-9-5-4-8(6-10(9)13(14)15)12-7-2-1-3-7/h4-7,12H,1-3H2. The van der Waals surface area contributed by atoms with Crippen molar-refractivity contribution >= 4 is 23.0 Å². The number of rotatable bonds is 3. The van der Waals surface area contributed by atoms with E-state index in [1.807, 2.05) is 0 Å². The zero-order valence-electron chi connectivity index (χ0n) is 8.07. The molecule has 1 saturated carbocycles. The zero-order chi connectivity index (χ0) is 10.8. The zero-order valence-corrected chi connectivity index (χ0v) is 8.83. The van der Waals surface area contributed by atoms with E-state index in [-0.39, 0.29) is 10.7 Å². The number of nitro groups is 1. The summed E-state index contributed by atoms with van der Waals surface area (Å²) in [5.41, 5.74) is 0.733. The molecule has 0 aliphatic heterocycles. The summed E-state index contributed by atoms with van der Waals surface area (Å²) in [6, 6.07) is 5.28. The molecular formula is C10H11ClN2O2. The lowest BCUT2D eigenvalue weighted by Crippen LogP contribution is -2.26. The minimum Gasteiger partial charge on any atom is -0.382 e. The van der Waals surface area contributed by atoms with Crippen LogP contribution in [0.3, 0.4) is 0 Å². The van der Waals surface area contributed by atoms with E-state index in [0.29, 0.717) is 6.04 Å². The molecule has 80 valence electrons. The maximum Gasteiger partial charge on any atom is 0.289 e. The summed E-state index contributed by atoms with van der Waals surface area (Å²) in [6.07, 6.45) is 3.50. The Morgan fingerprint density at radius 3 is 2.73 bits per heavy atom. The van der Waals surface area contributed by atoms with Gasteiger partial charge in [-0.3, -0.25) is 10.1 Å². The molecule has 0 atom stereocenters. The molecule has 5 heteroatoms. The van der Waals surface area contributed by atoms with Gasteiger partial charge in [0, 0.05) is 17.8 Å². The van der Waals surface area contributed by atoms with Gasteiger partial charge in [-0.25, -0.2) is 0 Å². The molecule has 0 amide bonds. The summed E-state index contributed by atoms with van der Waals surface area (Å²) in [7, 11) is 0. The molecule has 1 aromatic carbocycles. The Balaban J connectivity index is 2.17. The highest BCUT2D eigenvalue weighted by Gasteiger charge is 2.19. The fourth-order valence-electron chi connectivity index (χ4n) is 1.53. The molecule has 15 heavy (non-hydrogen) atoms. The van der Waals surface area contributed by atoms with Crippen LogP contribution in [-0.2, 0) is 0 Å². The van der Waals surface area contributed by atoms with Crippen molar-refractivity contribution in [1.29, 1.82) is 0 Å². The van der Waals surface area contributed by atoms with Crippen LogP contribution in [0.4, 0.5) is 11.4 Å². The molecule has 1 aromatic rings. The van der Waals surface area contributed by atoms with Gasteiger partial charge < -0.3 is 5.32 Å². The van der Waals surface area contributed by atoms with Gasteiger partial charge in [-0.05, 0) is 31.4 Å². The average Bonchev–Trinajstić information content (AvgIpc) is 2.13. The second kappa shape index (κ2) is 4.06. The highest BCUT2D eigenvalue weighted by atomic mass is 35.5. The van der Waals surface area contributed by atoms with Gasteiger partial charge in [0.05, 0.1) is 4.92 Å². The number of hydrogen-bond acceptors (Lipinski definition) is 3. The van der Waals surface area contributed by atoms with Gasteiger partial charge in [-0.15, -0.1) is 0 Å². The lowest BCUT2D eigenvalue weighted by molar-refractivity contribution is -0.384. The Morgan fingerprint density at radius 2 is 2.20 bits per heavy atom. The third-order valence-corrected chi connectivity index (χ3v) is 2.94. The second-order valence-electron chi connectivity index (χ2n) is 3.70. The van der Waals surface area contributed by atoms with E-state index < -0.39 is 4.92 Å². The molecular weight excluding hydrogens is 216 g/mol. The topological polar surface area (TPSA) is 55.2 Å². The number of nitrogens with one attached hydrogen (secondary N) is 1. The van der Waals surface area contributed by atoms with Crippen LogP contribution >= 0.6 is 11.6 Å². The van der Waals surface area contributed by atoms with E-state index in [1.165, 1.54) is 12.5 Å². The maximum atomic E-state index is 10.6. The Morgan fingerprint density at radius 1 is 1.47 bits per heavy atom. The van der Waals surface area contributed by atoms with Crippen molar-refractivity contribution in [3.05, 3.63) is 33.3 Å². The SMILES string of the molecule is O=[N+]([O-])c1cc(NC2CCC2)ccc1Cl. The first kappa shape index (κ1) is 10.2. The smallest absolute Gasteiger partial charge is 0.289 e. The summed E-state index contributed by atoms with van der Waals surface area (Å²) in [4.78, 5) is 10.2. The molecule has 0 unspecified atom stereocenters. The van der Waals surface area contributed by atoms with Crippen LogP contribution in [0, 0.1) is 10.1 Å². The summed E-state index contributed by atoms with van der Waals surface area (Å²) in [5.74, 6) is 0. The van der Waals surface area contributed by atoms with Gasteiger partial charge in [0.15, 0.2) is 0 Å². The van der Waals surface area contributed by atoms with Gasteiger partial charge in [-0.2, -0.15) is 0 Å². The molecule has 0 heterocycles. The quantitative estimate of drug-likeness (QED) is 0.636. The van der Waals surface area contributed by atoms with Crippen LogP contribution in [-0.4, -0.2) is 11.0 Å². The van der Waals surface area contributed by atoms with E-state index in [9.17, 15) is 10.1 Å². The predicted molar refractivity (Wildman–Crippen MR) is 59.4 cm³/mol. The molecule has 1 aliphatic carbocycles. The minimum absolute atomic E-state index is 0.0407. The van der Waals surface area contributed by atoms with E-state index in [1.54, 1.807) is 12.1 Å². The molecule has 0 spiro atoms. The molecule has 1 aliphatic rings. The molecule has 0 radical (unpaired) electrons. The third-order valence-electron chi connectivity index (χ3n) is 2.62. The normalized spacial score (nSPS) is 15.8. The minimum atomic E-state index is -0.464. The fourth-order valence-corrected chi connectivity index (χ4v) is 1.72. The van der Waals surface area contributed by atoms with E-state index in [4.69, 9.17) is 11.6 Å². The molecule has 4 nitrogen and oxygen atoms in total. The summed E-state index contributed by atoms with van der Waals surface area (Å²) in [6.45, 7) is 0. The average molecular weight is 227 g/mol. The van der Waals surface area contributed by atoms with Crippen LogP contribution < -0.4 is 5.32 Å². The number of anilines is 1. The van der Waals surface area contributed by atoms with Crippen LogP contribution in [0.15, 0.2) is 18.2 Å². The van der Waals surface area contributed by atoms with Crippen molar-refractivity contribution in [3.63, 3.8) is 0 Å². The first-order chi connectivity index (χ1) is 7.16. The Hall–Kier alpha value is -1.29. The molecule has 0 bridgehead atoms. The number of nitro benzene ring substituents is 1. The summed E-state index contributed by atoms with van der Waals surface area (Å²) < 4.78 is 0. The van der Waals surface area contributed by atoms with Crippen LogP contribution in [0.5, 0.6) is 0 Å². The van der Waals surface area contributed by atoms with E-state index in [2.05, 4.69) is 5.32 Å². The van der Waals surface area contributed by atoms with Gasteiger partial charge in [0.2, 0.25) is 0 Å². The highest BCUT2D eigenvalue weighted by molar-refractivity contribution is 6.32. The maximum absolute atomic E-state index is 10.6. The van der Waals surface area contributed by atoms with E-state index >= 15 is 0 Å². The van der Waals surface area contributed by atoms with Gasteiger partial charge in [0.1, 0.15) is 5.02 Å².